The highest BCUT2D eigenvalue weighted by molar-refractivity contribution is 6.03. The van der Waals surface area contributed by atoms with E-state index in [4.69, 9.17) is 11.2 Å². The molecule has 0 N–H and O–H groups in total. The molecule has 0 heterocycles. The van der Waals surface area contributed by atoms with Gasteiger partial charge >= 0.3 is 0 Å². The van der Waals surface area contributed by atoms with Crippen LogP contribution >= 0.6 is 0 Å². The maximum Gasteiger partial charge on any atom is 0.148 e. The second-order valence-electron chi connectivity index (χ2n) is 5.24. The molecule has 0 spiro atoms. The molecule has 0 aliphatic carbocycles. The van der Waals surface area contributed by atoms with Crippen molar-refractivity contribution in [1.82, 2.24) is 0 Å². The number of hydrogen-bond acceptors (Lipinski definition) is 2. The van der Waals surface area contributed by atoms with Gasteiger partial charge in [0.2, 0.25) is 0 Å². The molecule has 3 rings (SSSR count). The normalized spacial score (nSPS) is 10.8. The minimum Gasteiger partial charge on any atom is -0.480 e. The number of benzene rings is 3. The molecular weight excluding hydrogens is 282 g/mol. The van der Waals surface area contributed by atoms with Crippen molar-refractivity contribution in [3.63, 3.8) is 0 Å². The Labute approximate surface area is 136 Å². The summed E-state index contributed by atoms with van der Waals surface area (Å²) in [4.78, 5) is 4.64. The molecule has 0 saturated heterocycles. The topological polar surface area (TPSA) is 21.6 Å². The fourth-order valence-electron chi connectivity index (χ4n) is 2.50. The summed E-state index contributed by atoms with van der Waals surface area (Å²) in [5, 5.41) is 2.24. The third-order valence-corrected chi connectivity index (χ3v) is 3.69. The summed E-state index contributed by atoms with van der Waals surface area (Å²) in [6, 6.07) is 20.2. The van der Waals surface area contributed by atoms with Crippen molar-refractivity contribution in [3.05, 3.63) is 71.8 Å². The molecule has 0 amide bonds. The Morgan fingerprint density at radius 3 is 2.65 bits per heavy atom. The lowest BCUT2D eigenvalue weighted by Gasteiger charge is -2.10. The predicted octanol–water partition coefficient (Wildman–Crippen LogP) is 4.91. The summed E-state index contributed by atoms with van der Waals surface area (Å²) in [6.45, 7) is 2.29. The van der Waals surface area contributed by atoms with Crippen molar-refractivity contribution in [2.24, 2.45) is 4.99 Å². The highest BCUT2D eigenvalue weighted by atomic mass is 16.5. The van der Waals surface area contributed by atoms with Gasteiger partial charge in [0.25, 0.3) is 0 Å². The number of nitrogens with zero attached hydrogens (tertiary/aromatic N) is 1. The first-order valence-electron chi connectivity index (χ1n) is 7.47. The van der Waals surface area contributed by atoms with Crippen molar-refractivity contribution >= 4 is 22.7 Å². The first-order chi connectivity index (χ1) is 11.3. The van der Waals surface area contributed by atoms with Crippen LogP contribution in [0, 0.1) is 19.3 Å². The molecule has 0 saturated carbocycles. The van der Waals surface area contributed by atoms with E-state index in [-0.39, 0.29) is 6.61 Å². The van der Waals surface area contributed by atoms with Gasteiger partial charge < -0.3 is 4.74 Å². The molecule has 0 fully saturated rings. The molecule has 23 heavy (non-hydrogen) atoms. The molecule has 0 unspecified atom stereocenters. The lowest BCUT2D eigenvalue weighted by molar-refractivity contribution is 0.370. The number of para-hydroxylation sites is 1. The standard InChI is InChI=1S/C21H17NO/c1-3-14-23-21-13-12-17-9-5-6-10-18(17)19(21)15-22-20-11-7-4-8-16(20)2/h1,4-13,15H,14H2,2H3. The molecule has 3 aromatic carbocycles. The summed E-state index contributed by atoms with van der Waals surface area (Å²) in [5.74, 6) is 3.26. The van der Waals surface area contributed by atoms with Gasteiger partial charge in [-0.1, -0.05) is 54.5 Å². The van der Waals surface area contributed by atoms with E-state index in [0.717, 1.165) is 33.3 Å². The first-order valence-corrected chi connectivity index (χ1v) is 7.47. The van der Waals surface area contributed by atoms with E-state index in [2.05, 4.69) is 23.0 Å². The maximum absolute atomic E-state index is 5.69. The lowest BCUT2D eigenvalue weighted by Crippen LogP contribution is -1.98. The molecule has 0 atom stereocenters. The van der Waals surface area contributed by atoms with Crippen LogP contribution in [0.5, 0.6) is 5.75 Å². The second kappa shape index (κ2) is 6.81. The fraction of sp³-hybridized carbons (Fsp3) is 0.0952. The van der Waals surface area contributed by atoms with Crippen LogP contribution in [0.2, 0.25) is 0 Å². The number of terminal acetylenes is 1. The Bertz CT molecular complexity index is 903. The molecule has 2 heteroatoms. The molecule has 112 valence electrons. The van der Waals surface area contributed by atoms with Crippen LogP contribution in [0.4, 0.5) is 5.69 Å². The molecule has 2 nitrogen and oxygen atoms in total. The van der Waals surface area contributed by atoms with Crippen molar-refractivity contribution in [3.8, 4) is 18.1 Å². The average Bonchev–Trinajstić information content (AvgIpc) is 2.59. The Morgan fingerprint density at radius 1 is 1.04 bits per heavy atom. The van der Waals surface area contributed by atoms with E-state index < -0.39 is 0 Å². The monoisotopic (exact) mass is 299 g/mol. The van der Waals surface area contributed by atoms with Crippen molar-refractivity contribution in [2.45, 2.75) is 6.92 Å². The highest BCUT2D eigenvalue weighted by Gasteiger charge is 2.07. The summed E-state index contributed by atoms with van der Waals surface area (Å²) in [7, 11) is 0. The SMILES string of the molecule is C#CCOc1ccc2ccccc2c1C=Nc1ccccc1C. The molecule has 0 radical (unpaired) electrons. The molecule has 0 aliphatic rings. The Hall–Kier alpha value is -3.05. The zero-order valence-electron chi connectivity index (χ0n) is 13.0. The smallest absolute Gasteiger partial charge is 0.148 e. The van der Waals surface area contributed by atoms with Crippen molar-refractivity contribution < 1.29 is 4.74 Å². The third-order valence-electron chi connectivity index (χ3n) is 3.69. The summed E-state index contributed by atoms with van der Waals surface area (Å²) in [6.07, 6.45) is 7.17. The molecule has 0 aromatic heterocycles. The highest BCUT2D eigenvalue weighted by Crippen LogP contribution is 2.28. The van der Waals surface area contributed by atoms with Crippen molar-refractivity contribution in [2.75, 3.05) is 6.61 Å². The van der Waals surface area contributed by atoms with Gasteiger partial charge in [-0.15, -0.1) is 6.42 Å². The van der Waals surface area contributed by atoms with Crippen LogP contribution in [-0.4, -0.2) is 12.8 Å². The van der Waals surface area contributed by atoms with Gasteiger partial charge in [0.05, 0.1) is 5.69 Å². The molecular formula is C21H17NO. The van der Waals surface area contributed by atoms with Crippen LogP contribution in [0.1, 0.15) is 11.1 Å². The predicted molar refractivity (Wildman–Crippen MR) is 96.7 cm³/mol. The van der Waals surface area contributed by atoms with Gasteiger partial charge in [0.15, 0.2) is 0 Å². The first kappa shape index (κ1) is 14.9. The Kier molecular flexibility index (Phi) is 4.40. The minimum atomic E-state index is 0.240. The van der Waals surface area contributed by atoms with E-state index in [1.165, 1.54) is 0 Å². The van der Waals surface area contributed by atoms with Gasteiger partial charge in [0.1, 0.15) is 12.4 Å². The Balaban J connectivity index is 2.10. The third kappa shape index (κ3) is 3.25. The van der Waals surface area contributed by atoms with E-state index >= 15 is 0 Å². The minimum absolute atomic E-state index is 0.240. The quantitative estimate of drug-likeness (QED) is 0.495. The van der Waals surface area contributed by atoms with Crippen LogP contribution < -0.4 is 4.74 Å². The lowest BCUT2D eigenvalue weighted by atomic mass is 10.0. The van der Waals surface area contributed by atoms with Gasteiger partial charge in [-0.05, 0) is 35.4 Å². The van der Waals surface area contributed by atoms with Crippen LogP contribution in [0.3, 0.4) is 0 Å². The van der Waals surface area contributed by atoms with Crippen LogP contribution in [-0.2, 0) is 0 Å². The number of aryl methyl sites for hydroxylation is 1. The maximum atomic E-state index is 5.69. The summed E-state index contributed by atoms with van der Waals surface area (Å²) >= 11 is 0. The number of rotatable bonds is 4. The van der Waals surface area contributed by atoms with E-state index in [9.17, 15) is 0 Å². The van der Waals surface area contributed by atoms with Gasteiger partial charge in [-0.2, -0.15) is 0 Å². The van der Waals surface area contributed by atoms with Gasteiger partial charge in [-0.25, -0.2) is 0 Å². The molecule has 0 bridgehead atoms. The molecule has 0 aliphatic heterocycles. The Morgan fingerprint density at radius 2 is 1.83 bits per heavy atom. The van der Waals surface area contributed by atoms with Crippen LogP contribution in [0.25, 0.3) is 10.8 Å². The largest absolute Gasteiger partial charge is 0.480 e. The van der Waals surface area contributed by atoms with E-state index in [1.54, 1.807) is 0 Å². The fourth-order valence-corrected chi connectivity index (χ4v) is 2.50. The number of ether oxygens (including phenoxy) is 1. The second-order valence-corrected chi connectivity index (χ2v) is 5.24. The van der Waals surface area contributed by atoms with E-state index in [1.807, 2.05) is 61.7 Å². The van der Waals surface area contributed by atoms with Crippen molar-refractivity contribution in [1.29, 1.82) is 0 Å². The zero-order chi connectivity index (χ0) is 16.1. The van der Waals surface area contributed by atoms with Crippen LogP contribution in [0.15, 0.2) is 65.7 Å². The van der Waals surface area contributed by atoms with E-state index in [0.29, 0.717) is 0 Å². The van der Waals surface area contributed by atoms with Gasteiger partial charge in [0, 0.05) is 11.8 Å². The average molecular weight is 299 g/mol. The number of hydrogen-bond donors (Lipinski definition) is 0. The summed E-state index contributed by atoms with van der Waals surface area (Å²) in [5.41, 5.74) is 3.03. The zero-order valence-corrected chi connectivity index (χ0v) is 13.0. The van der Waals surface area contributed by atoms with Gasteiger partial charge in [-0.3, -0.25) is 4.99 Å². The number of aliphatic imine (C=N–C) groups is 1. The summed E-state index contributed by atoms with van der Waals surface area (Å²) < 4.78 is 5.69. The molecule has 3 aromatic rings. The number of fused-ring (bicyclic) bond motifs is 1.